The first-order valence-electron chi connectivity index (χ1n) is 5.84. The number of pyridine rings is 2. The summed E-state index contributed by atoms with van der Waals surface area (Å²) in [4.78, 5) is 8.31. The molecule has 0 bridgehead atoms. The van der Waals surface area contributed by atoms with Gasteiger partial charge in [-0.15, -0.1) is 0 Å². The number of hydrogen-bond acceptors (Lipinski definition) is 4. The Morgan fingerprint density at radius 1 is 1.05 bits per heavy atom. The van der Waals surface area contributed by atoms with Crippen LogP contribution in [-0.4, -0.2) is 9.97 Å². The van der Waals surface area contributed by atoms with E-state index >= 15 is 0 Å². The maximum Gasteiger partial charge on any atom is 0.142 e. The van der Waals surface area contributed by atoms with Crippen LogP contribution < -0.4 is 5.32 Å². The van der Waals surface area contributed by atoms with Crippen molar-refractivity contribution in [3.05, 3.63) is 60.6 Å². The highest BCUT2D eigenvalue weighted by molar-refractivity contribution is 5.94. The van der Waals surface area contributed by atoms with Crippen molar-refractivity contribution in [1.82, 2.24) is 9.97 Å². The second-order valence-corrected chi connectivity index (χ2v) is 4.05. The molecule has 0 aliphatic carbocycles. The number of hydrogen-bond donors (Lipinski definition) is 1. The molecule has 0 saturated heterocycles. The van der Waals surface area contributed by atoms with Crippen molar-refractivity contribution in [3.8, 4) is 6.07 Å². The monoisotopic (exact) mass is 246 g/mol. The summed E-state index contributed by atoms with van der Waals surface area (Å²) >= 11 is 0. The smallest absolute Gasteiger partial charge is 0.142 e. The van der Waals surface area contributed by atoms with Gasteiger partial charge in [0.1, 0.15) is 17.6 Å². The molecule has 19 heavy (non-hydrogen) atoms. The molecule has 90 valence electrons. The summed E-state index contributed by atoms with van der Waals surface area (Å²) in [6.45, 7) is 0. The number of benzene rings is 1. The number of nitrogens with one attached hydrogen (secondary N) is 1. The second-order valence-electron chi connectivity index (χ2n) is 4.05. The zero-order chi connectivity index (χ0) is 13.1. The molecular formula is C15H10N4. The highest BCUT2D eigenvalue weighted by Crippen LogP contribution is 2.24. The number of nitrogens with zero attached hydrogens (tertiary/aromatic N) is 3. The number of rotatable bonds is 2. The quantitative estimate of drug-likeness (QED) is 0.754. The first-order valence-corrected chi connectivity index (χ1v) is 5.84. The van der Waals surface area contributed by atoms with Crippen molar-refractivity contribution < 1.29 is 0 Å². The maximum atomic E-state index is 8.85. The second kappa shape index (κ2) is 4.75. The molecule has 4 nitrogen and oxygen atoms in total. The van der Waals surface area contributed by atoms with Crippen LogP contribution in [0.4, 0.5) is 11.5 Å². The largest absolute Gasteiger partial charge is 0.340 e. The summed E-state index contributed by atoms with van der Waals surface area (Å²) < 4.78 is 0. The minimum Gasteiger partial charge on any atom is -0.340 e. The van der Waals surface area contributed by atoms with Crippen LogP contribution >= 0.6 is 0 Å². The van der Waals surface area contributed by atoms with E-state index in [2.05, 4.69) is 15.3 Å². The molecule has 0 fully saturated rings. The Hall–Kier alpha value is -2.93. The number of fused-ring (bicyclic) bond motifs is 1. The van der Waals surface area contributed by atoms with Crippen molar-refractivity contribution in [3.63, 3.8) is 0 Å². The lowest BCUT2D eigenvalue weighted by Gasteiger charge is -2.08. The molecule has 0 saturated carbocycles. The number of anilines is 2. The maximum absolute atomic E-state index is 8.85. The van der Waals surface area contributed by atoms with Crippen LogP contribution in [0.5, 0.6) is 0 Å². The molecule has 1 aromatic carbocycles. The van der Waals surface area contributed by atoms with Gasteiger partial charge < -0.3 is 5.32 Å². The van der Waals surface area contributed by atoms with Gasteiger partial charge in [0, 0.05) is 28.9 Å². The molecule has 1 N–H and O–H groups in total. The Kier molecular flexibility index (Phi) is 2.79. The van der Waals surface area contributed by atoms with E-state index in [4.69, 9.17) is 5.26 Å². The standard InChI is InChI=1S/C15H10N4/c16-9-12-4-2-6-15(18-12)19-14-5-1-3-11-10-17-8-7-13(11)14/h1-8,10H,(H,18,19). The zero-order valence-electron chi connectivity index (χ0n) is 10.0. The zero-order valence-corrected chi connectivity index (χ0v) is 10.0. The van der Waals surface area contributed by atoms with Crippen LogP contribution in [0, 0.1) is 11.3 Å². The normalized spacial score (nSPS) is 10.1. The topological polar surface area (TPSA) is 61.6 Å². The van der Waals surface area contributed by atoms with Gasteiger partial charge in [-0.2, -0.15) is 5.26 Å². The molecule has 3 rings (SSSR count). The van der Waals surface area contributed by atoms with E-state index in [0.717, 1.165) is 16.5 Å². The van der Waals surface area contributed by atoms with E-state index in [0.29, 0.717) is 11.5 Å². The molecule has 0 unspecified atom stereocenters. The Morgan fingerprint density at radius 2 is 1.95 bits per heavy atom. The van der Waals surface area contributed by atoms with Crippen LogP contribution in [0.2, 0.25) is 0 Å². The SMILES string of the molecule is N#Cc1cccc(Nc2cccc3cnccc23)n1. The Bertz CT molecular complexity index is 769. The van der Waals surface area contributed by atoms with Crippen molar-refractivity contribution in [2.24, 2.45) is 0 Å². The van der Waals surface area contributed by atoms with Crippen LogP contribution in [0.1, 0.15) is 5.69 Å². The third-order valence-electron chi connectivity index (χ3n) is 2.81. The first kappa shape index (κ1) is 11.2. The lowest BCUT2D eigenvalue weighted by molar-refractivity contribution is 1.26. The fourth-order valence-electron chi connectivity index (χ4n) is 1.94. The summed E-state index contributed by atoms with van der Waals surface area (Å²) in [5.41, 5.74) is 1.34. The Balaban J connectivity index is 2.04. The minimum absolute atomic E-state index is 0.395. The van der Waals surface area contributed by atoms with Gasteiger partial charge in [0.15, 0.2) is 0 Å². The van der Waals surface area contributed by atoms with Gasteiger partial charge >= 0.3 is 0 Å². The van der Waals surface area contributed by atoms with E-state index in [1.807, 2.05) is 42.6 Å². The van der Waals surface area contributed by atoms with Crippen LogP contribution in [0.15, 0.2) is 54.9 Å². The average molecular weight is 246 g/mol. The fourth-order valence-corrected chi connectivity index (χ4v) is 1.94. The van der Waals surface area contributed by atoms with Gasteiger partial charge in [-0.3, -0.25) is 4.98 Å². The Morgan fingerprint density at radius 3 is 2.84 bits per heavy atom. The molecule has 4 heteroatoms. The lowest BCUT2D eigenvalue weighted by atomic mass is 10.1. The third-order valence-corrected chi connectivity index (χ3v) is 2.81. The molecule has 2 aromatic heterocycles. The van der Waals surface area contributed by atoms with E-state index in [1.54, 1.807) is 18.3 Å². The van der Waals surface area contributed by atoms with Crippen molar-refractivity contribution in [1.29, 1.82) is 5.26 Å². The molecule has 0 amide bonds. The highest BCUT2D eigenvalue weighted by atomic mass is 15.0. The van der Waals surface area contributed by atoms with Gasteiger partial charge in [0.05, 0.1) is 0 Å². The predicted molar refractivity (Wildman–Crippen MR) is 74.0 cm³/mol. The lowest BCUT2D eigenvalue weighted by Crippen LogP contribution is -1.95. The fraction of sp³-hybridized carbons (Fsp3) is 0. The molecule has 0 spiro atoms. The molecule has 2 heterocycles. The highest BCUT2D eigenvalue weighted by Gasteiger charge is 2.02. The van der Waals surface area contributed by atoms with Gasteiger partial charge in [0.25, 0.3) is 0 Å². The summed E-state index contributed by atoms with van der Waals surface area (Å²) in [5, 5.41) is 14.2. The number of aromatic nitrogens is 2. The van der Waals surface area contributed by atoms with Crippen molar-refractivity contribution >= 4 is 22.3 Å². The molecule has 0 atom stereocenters. The van der Waals surface area contributed by atoms with Crippen LogP contribution in [-0.2, 0) is 0 Å². The van der Waals surface area contributed by atoms with E-state index in [9.17, 15) is 0 Å². The van der Waals surface area contributed by atoms with Crippen molar-refractivity contribution in [2.75, 3.05) is 5.32 Å². The van der Waals surface area contributed by atoms with E-state index in [1.165, 1.54) is 0 Å². The molecule has 0 aliphatic rings. The third kappa shape index (κ3) is 2.22. The molecule has 0 radical (unpaired) electrons. The summed E-state index contributed by atoms with van der Waals surface area (Å²) in [6, 6.07) is 15.2. The molecule has 3 aromatic rings. The van der Waals surface area contributed by atoms with Crippen LogP contribution in [0.3, 0.4) is 0 Å². The molecule has 0 aliphatic heterocycles. The van der Waals surface area contributed by atoms with Crippen molar-refractivity contribution in [2.45, 2.75) is 0 Å². The van der Waals surface area contributed by atoms with Gasteiger partial charge in [-0.25, -0.2) is 4.98 Å². The minimum atomic E-state index is 0.395. The Labute approximate surface area is 110 Å². The van der Waals surface area contributed by atoms with E-state index in [-0.39, 0.29) is 0 Å². The summed E-state index contributed by atoms with van der Waals surface area (Å²) in [7, 11) is 0. The van der Waals surface area contributed by atoms with Gasteiger partial charge in [0.2, 0.25) is 0 Å². The first-order chi connectivity index (χ1) is 9.36. The van der Waals surface area contributed by atoms with Crippen LogP contribution in [0.25, 0.3) is 10.8 Å². The average Bonchev–Trinajstić information content (AvgIpc) is 2.48. The summed E-state index contributed by atoms with van der Waals surface area (Å²) in [5.74, 6) is 0.656. The van der Waals surface area contributed by atoms with Gasteiger partial charge in [-0.1, -0.05) is 18.2 Å². The number of nitriles is 1. The van der Waals surface area contributed by atoms with E-state index < -0.39 is 0 Å². The van der Waals surface area contributed by atoms with Gasteiger partial charge in [-0.05, 0) is 24.3 Å². The summed E-state index contributed by atoms with van der Waals surface area (Å²) in [6.07, 6.45) is 3.58. The molecular weight excluding hydrogens is 236 g/mol. The predicted octanol–water partition coefficient (Wildman–Crippen LogP) is 3.25.